The first kappa shape index (κ1) is 24.1. The van der Waals surface area contributed by atoms with Crippen molar-refractivity contribution in [1.82, 2.24) is 9.88 Å². The standard InChI is InChI=1S/C25H28ClN3O5S/c1-16-22(34-19-7-4-3-6-18(19)33-16)24(30)29(11-5-10-28-12-14-32-15-13-28)25-27-21-20(31-2)9-8-17(26)23(21)35-25/h3-4,6-9,16,22H,5,10-15H2,1-2H3. The second kappa shape index (κ2) is 10.6. The molecule has 5 rings (SSSR count). The van der Waals surface area contributed by atoms with Gasteiger partial charge in [0.1, 0.15) is 17.4 Å². The molecular weight excluding hydrogens is 490 g/mol. The van der Waals surface area contributed by atoms with Gasteiger partial charge in [0.05, 0.1) is 30.0 Å². The van der Waals surface area contributed by atoms with Crippen LogP contribution in [-0.2, 0) is 9.53 Å². The van der Waals surface area contributed by atoms with E-state index in [-0.39, 0.29) is 5.91 Å². The summed E-state index contributed by atoms with van der Waals surface area (Å²) >= 11 is 7.84. The second-order valence-electron chi connectivity index (χ2n) is 8.53. The van der Waals surface area contributed by atoms with E-state index < -0.39 is 12.2 Å². The van der Waals surface area contributed by atoms with Gasteiger partial charge in [-0.25, -0.2) is 4.98 Å². The highest BCUT2D eigenvalue weighted by Crippen LogP contribution is 2.40. The first-order valence-electron chi connectivity index (χ1n) is 11.7. The van der Waals surface area contributed by atoms with Crippen LogP contribution in [0.4, 0.5) is 5.13 Å². The molecule has 2 atom stereocenters. The van der Waals surface area contributed by atoms with Crippen LogP contribution in [0.3, 0.4) is 0 Å². The zero-order valence-electron chi connectivity index (χ0n) is 19.7. The molecule has 1 fully saturated rings. The molecule has 1 amide bonds. The summed E-state index contributed by atoms with van der Waals surface area (Å²) < 4.78 is 23.9. The monoisotopic (exact) mass is 517 g/mol. The van der Waals surface area contributed by atoms with E-state index in [1.54, 1.807) is 24.1 Å². The normalized spacial score (nSPS) is 20.1. The lowest BCUT2D eigenvalue weighted by Gasteiger charge is -2.34. The lowest BCUT2D eigenvalue weighted by molar-refractivity contribution is -0.130. The van der Waals surface area contributed by atoms with Gasteiger partial charge in [-0.1, -0.05) is 35.1 Å². The Hall–Kier alpha value is -2.59. The number of morpholine rings is 1. The van der Waals surface area contributed by atoms with Crippen LogP contribution in [0.5, 0.6) is 17.2 Å². The molecule has 3 aromatic rings. The molecule has 8 nitrogen and oxygen atoms in total. The van der Waals surface area contributed by atoms with Gasteiger partial charge in [-0.3, -0.25) is 14.6 Å². The number of thiazole rings is 1. The Balaban J connectivity index is 1.43. The lowest BCUT2D eigenvalue weighted by atomic mass is 10.1. The summed E-state index contributed by atoms with van der Waals surface area (Å²) in [4.78, 5) is 22.7. The molecule has 2 aromatic carbocycles. The minimum atomic E-state index is -0.794. The lowest BCUT2D eigenvalue weighted by Crippen LogP contribution is -2.51. The number of amides is 1. The van der Waals surface area contributed by atoms with Crippen LogP contribution >= 0.6 is 22.9 Å². The molecule has 2 aliphatic heterocycles. The van der Waals surface area contributed by atoms with Crippen LogP contribution in [0.2, 0.25) is 5.02 Å². The Morgan fingerprint density at radius 1 is 1.20 bits per heavy atom. The van der Waals surface area contributed by atoms with Gasteiger partial charge < -0.3 is 18.9 Å². The number of ether oxygens (including phenoxy) is 4. The molecule has 10 heteroatoms. The number of aromatic nitrogens is 1. The topological polar surface area (TPSA) is 73.4 Å². The second-order valence-corrected chi connectivity index (χ2v) is 9.91. The molecule has 0 aliphatic carbocycles. The molecule has 0 spiro atoms. The number of carbonyl (C=O) groups excluding carboxylic acids is 1. The van der Waals surface area contributed by atoms with Gasteiger partial charge in [-0.05, 0) is 37.6 Å². The average Bonchev–Trinajstić information content (AvgIpc) is 3.33. The summed E-state index contributed by atoms with van der Waals surface area (Å²) in [6.45, 7) is 6.48. The van der Waals surface area contributed by atoms with Gasteiger partial charge >= 0.3 is 0 Å². The van der Waals surface area contributed by atoms with E-state index >= 15 is 0 Å². The van der Waals surface area contributed by atoms with Crippen LogP contribution in [0, 0.1) is 0 Å². The van der Waals surface area contributed by atoms with E-state index in [0.717, 1.165) is 44.0 Å². The third-order valence-electron chi connectivity index (χ3n) is 6.21. The number of methoxy groups -OCH3 is 1. The maximum absolute atomic E-state index is 13.9. The fourth-order valence-electron chi connectivity index (χ4n) is 4.34. The summed E-state index contributed by atoms with van der Waals surface area (Å²) in [6, 6.07) is 11.0. The SMILES string of the molecule is COc1ccc(Cl)c2sc(N(CCCN3CCOCC3)C(=O)C3Oc4ccccc4OC3C)nc12. The quantitative estimate of drug-likeness (QED) is 0.464. The van der Waals surface area contributed by atoms with Crippen molar-refractivity contribution in [3.8, 4) is 17.2 Å². The summed E-state index contributed by atoms with van der Waals surface area (Å²) in [5, 5.41) is 1.14. The van der Waals surface area contributed by atoms with Gasteiger partial charge in [-0.2, -0.15) is 0 Å². The number of nitrogens with zero attached hydrogens (tertiary/aromatic N) is 3. The van der Waals surface area contributed by atoms with Crippen LogP contribution in [0.1, 0.15) is 13.3 Å². The minimum absolute atomic E-state index is 0.192. The van der Waals surface area contributed by atoms with E-state index in [9.17, 15) is 4.79 Å². The summed E-state index contributed by atoms with van der Waals surface area (Å²) in [5.41, 5.74) is 0.644. The summed E-state index contributed by atoms with van der Waals surface area (Å²) in [6.07, 6.45) is -0.463. The number of carbonyl (C=O) groups is 1. The fourth-order valence-corrected chi connectivity index (χ4v) is 5.63. The molecule has 3 heterocycles. The maximum atomic E-state index is 13.9. The molecule has 1 aromatic heterocycles. The number of benzene rings is 2. The number of halogens is 1. The summed E-state index contributed by atoms with van der Waals surface area (Å²) in [7, 11) is 1.60. The van der Waals surface area contributed by atoms with Crippen molar-refractivity contribution >= 4 is 44.2 Å². The van der Waals surface area contributed by atoms with Crippen molar-refractivity contribution in [3.05, 3.63) is 41.4 Å². The zero-order valence-corrected chi connectivity index (χ0v) is 21.3. The van der Waals surface area contributed by atoms with Crippen molar-refractivity contribution in [2.24, 2.45) is 0 Å². The molecular formula is C25H28ClN3O5S. The first-order chi connectivity index (χ1) is 17.0. The number of para-hydroxylation sites is 2. The highest BCUT2D eigenvalue weighted by atomic mass is 35.5. The third kappa shape index (κ3) is 5.04. The van der Waals surface area contributed by atoms with Crippen molar-refractivity contribution in [3.63, 3.8) is 0 Å². The molecule has 186 valence electrons. The predicted molar refractivity (Wildman–Crippen MR) is 136 cm³/mol. The maximum Gasteiger partial charge on any atom is 0.273 e. The van der Waals surface area contributed by atoms with Gasteiger partial charge in [0.15, 0.2) is 16.6 Å². The van der Waals surface area contributed by atoms with Crippen LogP contribution in [-0.4, -0.2) is 74.5 Å². The average molecular weight is 518 g/mol. The largest absolute Gasteiger partial charge is 0.494 e. The van der Waals surface area contributed by atoms with Crippen molar-refractivity contribution in [1.29, 1.82) is 0 Å². The molecule has 1 saturated heterocycles. The first-order valence-corrected chi connectivity index (χ1v) is 12.9. The Bertz CT molecular complexity index is 1200. The molecule has 2 unspecified atom stereocenters. The van der Waals surface area contributed by atoms with Gasteiger partial charge in [-0.15, -0.1) is 0 Å². The van der Waals surface area contributed by atoms with Crippen molar-refractivity contribution in [2.45, 2.75) is 25.6 Å². The highest BCUT2D eigenvalue weighted by Gasteiger charge is 2.38. The Kier molecular flexibility index (Phi) is 7.29. The van der Waals surface area contributed by atoms with E-state index in [0.29, 0.717) is 39.5 Å². The predicted octanol–water partition coefficient (Wildman–Crippen LogP) is 4.24. The van der Waals surface area contributed by atoms with Gasteiger partial charge in [0.2, 0.25) is 6.10 Å². The van der Waals surface area contributed by atoms with E-state index in [1.807, 2.05) is 31.2 Å². The van der Waals surface area contributed by atoms with Gasteiger partial charge in [0, 0.05) is 26.2 Å². The van der Waals surface area contributed by atoms with Crippen LogP contribution in [0.25, 0.3) is 10.2 Å². The van der Waals surface area contributed by atoms with Crippen molar-refractivity contribution in [2.75, 3.05) is 51.4 Å². The number of rotatable bonds is 7. The number of fused-ring (bicyclic) bond motifs is 2. The zero-order chi connectivity index (χ0) is 24.4. The Morgan fingerprint density at radius 3 is 2.69 bits per heavy atom. The van der Waals surface area contributed by atoms with Crippen molar-refractivity contribution < 1.29 is 23.7 Å². The molecule has 0 radical (unpaired) electrons. The number of hydrogen-bond donors (Lipinski definition) is 0. The molecule has 35 heavy (non-hydrogen) atoms. The Morgan fingerprint density at radius 2 is 1.94 bits per heavy atom. The smallest absolute Gasteiger partial charge is 0.273 e. The van der Waals surface area contributed by atoms with E-state index in [1.165, 1.54) is 11.3 Å². The third-order valence-corrected chi connectivity index (χ3v) is 7.75. The molecule has 0 saturated carbocycles. The molecule has 0 bridgehead atoms. The van der Waals surface area contributed by atoms with E-state index in [2.05, 4.69) is 4.90 Å². The highest BCUT2D eigenvalue weighted by molar-refractivity contribution is 7.23. The van der Waals surface area contributed by atoms with Gasteiger partial charge in [0.25, 0.3) is 5.91 Å². The molecule has 2 aliphatic rings. The minimum Gasteiger partial charge on any atom is -0.494 e. The molecule has 0 N–H and O–H groups in total. The van der Waals surface area contributed by atoms with Crippen LogP contribution in [0.15, 0.2) is 36.4 Å². The van der Waals surface area contributed by atoms with Crippen LogP contribution < -0.4 is 19.1 Å². The van der Waals surface area contributed by atoms with E-state index in [4.69, 9.17) is 35.5 Å². The number of hydrogen-bond acceptors (Lipinski definition) is 8. The summed E-state index contributed by atoms with van der Waals surface area (Å²) in [5.74, 6) is 1.63. The Labute approximate surface area is 213 Å². The number of anilines is 1. The fraction of sp³-hybridized carbons (Fsp3) is 0.440.